The summed E-state index contributed by atoms with van der Waals surface area (Å²) < 4.78 is 0. The third kappa shape index (κ3) is 3.88. The van der Waals surface area contributed by atoms with E-state index in [4.69, 9.17) is 28.9 Å². The minimum absolute atomic E-state index is 0.450. The first kappa shape index (κ1) is 13.7. The van der Waals surface area contributed by atoms with Crippen LogP contribution in [0.3, 0.4) is 0 Å². The highest BCUT2D eigenvalue weighted by Gasteiger charge is 2.02. The van der Waals surface area contributed by atoms with Gasteiger partial charge in [0, 0.05) is 27.8 Å². The number of nitrogens with one attached hydrogen (secondary N) is 1. The van der Waals surface area contributed by atoms with Gasteiger partial charge in [0.1, 0.15) is 0 Å². The van der Waals surface area contributed by atoms with Gasteiger partial charge in [-0.05, 0) is 42.0 Å². The Morgan fingerprint density at radius 2 is 1.79 bits per heavy atom. The van der Waals surface area contributed by atoms with Crippen LogP contribution >= 0.6 is 23.2 Å². The summed E-state index contributed by atoms with van der Waals surface area (Å²) in [6.45, 7) is 0.558. The molecule has 0 saturated heterocycles. The lowest BCUT2D eigenvalue weighted by atomic mass is 10.2. The molecule has 0 aliphatic rings. The van der Waals surface area contributed by atoms with E-state index in [0.717, 1.165) is 11.3 Å². The summed E-state index contributed by atoms with van der Waals surface area (Å²) in [4.78, 5) is 11.1. The van der Waals surface area contributed by atoms with Crippen molar-refractivity contribution >= 4 is 34.8 Å². The maximum absolute atomic E-state index is 11.1. The Labute approximate surface area is 121 Å². The fourth-order valence-electron chi connectivity index (χ4n) is 1.70. The van der Waals surface area contributed by atoms with Gasteiger partial charge in [-0.25, -0.2) is 0 Å². The molecule has 2 aromatic rings. The number of amides is 1. The molecule has 0 aliphatic heterocycles. The van der Waals surface area contributed by atoms with E-state index in [1.54, 1.807) is 24.3 Å². The Morgan fingerprint density at radius 1 is 1.11 bits per heavy atom. The highest BCUT2D eigenvalue weighted by molar-refractivity contribution is 6.34. The summed E-state index contributed by atoms with van der Waals surface area (Å²) in [6.07, 6.45) is 0. The molecule has 0 aliphatic carbocycles. The molecule has 0 fully saturated rings. The van der Waals surface area contributed by atoms with Crippen molar-refractivity contribution in [3.63, 3.8) is 0 Å². The number of primary amides is 1. The van der Waals surface area contributed by atoms with E-state index in [2.05, 4.69) is 5.32 Å². The quantitative estimate of drug-likeness (QED) is 0.903. The first-order valence-corrected chi connectivity index (χ1v) is 6.39. The van der Waals surface area contributed by atoms with E-state index in [1.807, 2.05) is 18.2 Å². The third-order valence-electron chi connectivity index (χ3n) is 2.57. The van der Waals surface area contributed by atoms with E-state index in [0.29, 0.717) is 22.2 Å². The minimum atomic E-state index is -0.450. The molecular weight excluding hydrogens is 283 g/mol. The van der Waals surface area contributed by atoms with Crippen molar-refractivity contribution in [2.75, 3.05) is 5.32 Å². The Bertz CT molecular complexity index is 594. The SMILES string of the molecule is NC(=O)c1cccc(NCc2cc(Cl)cc(Cl)c2)c1. The van der Waals surface area contributed by atoms with Crippen molar-refractivity contribution in [2.24, 2.45) is 5.73 Å². The van der Waals surface area contributed by atoms with Gasteiger partial charge >= 0.3 is 0 Å². The smallest absolute Gasteiger partial charge is 0.248 e. The number of carbonyl (C=O) groups excluding carboxylic acids is 1. The van der Waals surface area contributed by atoms with E-state index in [1.165, 1.54) is 0 Å². The first-order chi connectivity index (χ1) is 9.04. The molecule has 3 N–H and O–H groups in total. The third-order valence-corrected chi connectivity index (χ3v) is 3.00. The normalized spacial score (nSPS) is 10.2. The van der Waals surface area contributed by atoms with Crippen LogP contribution in [0.4, 0.5) is 5.69 Å². The Morgan fingerprint density at radius 3 is 2.42 bits per heavy atom. The standard InChI is InChI=1S/C14H12Cl2N2O/c15-11-4-9(5-12(16)7-11)8-18-13-3-1-2-10(6-13)14(17)19/h1-7,18H,8H2,(H2,17,19). The fraction of sp³-hybridized carbons (Fsp3) is 0.0714. The molecule has 3 nitrogen and oxygen atoms in total. The summed E-state index contributed by atoms with van der Waals surface area (Å²) in [7, 11) is 0. The second-order valence-electron chi connectivity index (χ2n) is 4.08. The van der Waals surface area contributed by atoms with Gasteiger partial charge in [0.05, 0.1) is 0 Å². The first-order valence-electron chi connectivity index (χ1n) is 5.63. The monoisotopic (exact) mass is 294 g/mol. The average Bonchev–Trinajstić information content (AvgIpc) is 2.35. The van der Waals surface area contributed by atoms with Crippen molar-refractivity contribution in [3.8, 4) is 0 Å². The molecule has 0 aromatic heterocycles. The van der Waals surface area contributed by atoms with Crippen molar-refractivity contribution in [1.82, 2.24) is 0 Å². The molecule has 0 spiro atoms. The van der Waals surface area contributed by atoms with Crippen LogP contribution < -0.4 is 11.1 Å². The molecule has 0 radical (unpaired) electrons. The van der Waals surface area contributed by atoms with Crippen LogP contribution in [0.25, 0.3) is 0 Å². The maximum Gasteiger partial charge on any atom is 0.248 e. The minimum Gasteiger partial charge on any atom is -0.381 e. The fourth-order valence-corrected chi connectivity index (χ4v) is 2.27. The number of benzene rings is 2. The number of rotatable bonds is 4. The van der Waals surface area contributed by atoms with Crippen LogP contribution in [0.1, 0.15) is 15.9 Å². The molecule has 5 heteroatoms. The zero-order chi connectivity index (χ0) is 13.8. The van der Waals surface area contributed by atoms with Crippen LogP contribution in [-0.2, 0) is 6.54 Å². The summed E-state index contributed by atoms with van der Waals surface area (Å²) in [6, 6.07) is 12.3. The van der Waals surface area contributed by atoms with Gasteiger partial charge in [0.15, 0.2) is 0 Å². The molecule has 0 unspecified atom stereocenters. The van der Waals surface area contributed by atoms with E-state index in [-0.39, 0.29) is 0 Å². The second kappa shape index (κ2) is 5.95. The van der Waals surface area contributed by atoms with Crippen molar-refractivity contribution in [2.45, 2.75) is 6.54 Å². The Kier molecular flexibility index (Phi) is 4.30. The lowest BCUT2D eigenvalue weighted by molar-refractivity contribution is 0.100. The largest absolute Gasteiger partial charge is 0.381 e. The van der Waals surface area contributed by atoms with E-state index >= 15 is 0 Å². The zero-order valence-corrected chi connectivity index (χ0v) is 11.5. The molecule has 1 amide bonds. The van der Waals surface area contributed by atoms with Gasteiger partial charge in [-0.2, -0.15) is 0 Å². The topological polar surface area (TPSA) is 55.1 Å². The molecule has 2 aromatic carbocycles. The van der Waals surface area contributed by atoms with Gasteiger partial charge < -0.3 is 11.1 Å². The van der Waals surface area contributed by atoms with Crippen LogP contribution in [0.5, 0.6) is 0 Å². The number of hydrogen-bond acceptors (Lipinski definition) is 2. The van der Waals surface area contributed by atoms with Gasteiger partial charge in [-0.1, -0.05) is 29.3 Å². The summed E-state index contributed by atoms with van der Waals surface area (Å²) in [5.74, 6) is -0.450. The van der Waals surface area contributed by atoms with Crippen molar-refractivity contribution < 1.29 is 4.79 Å². The highest BCUT2D eigenvalue weighted by Crippen LogP contribution is 2.20. The maximum atomic E-state index is 11.1. The molecular formula is C14H12Cl2N2O. The molecule has 19 heavy (non-hydrogen) atoms. The van der Waals surface area contributed by atoms with E-state index in [9.17, 15) is 4.79 Å². The average molecular weight is 295 g/mol. The number of carbonyl (C=O) groups is 1. The predicted octanol–water partition coefficient (Wildman–Crippen LogP) is 3.70. The van der Waals surface area contributed by atoms with Crippen LogP contribution in [0, 0.1) is 0 Å². The summed E-state index contributed by atoms with van der Waals surface area (Å²) in [5.41, 5.74) is 7.47. The zero-order valence-electron chi connectivity index (χ0n) is 9.99. The second-order valence-corrected chi connectivity index (χ2v) is 4.95. The number of nitrogens with two attached hydrogens (primary N) is 1. The van der Waals surface area contributed by atoms with Crippen molar-refractivity contribution in [3.05, 3.63) is 63.6 Å². The molecule has 0 atom stereocenters. The van der Waals surface area contributed by atoms with Gasteiger partial charge in [0.25, 0.3) is 0 Å². The Hall–Kier alpha value is -1.71. The number of anilines is 1. The Balaban J connectivity index is 2.10. The van der Waals surface area contributed by atoms with Crippen molar-refractivity contribution in [1.29, 1.82) is 0 Å². The molecule has 0 saturated carbocycles. The van der Waals surface area contributed by atoms with Gasteiger partial charge in [0.2, 0.25) is 5.91 Å². The van der Waals surface area contributed by atoms with Crippen LogP contribution in [0.2, 0.25) is 10.0 Å². The number of halogens is 2. The molecule has 0 heterocycles. The van der Waals surface area contributed by atoms with Crippen LogP contribution in [0.15, 0.2) is 42.5 Å². The lowest BCUT2D eigenvalue weighted by Gasteiger charge is -2.08. The lowest BCUT2D eigenvalue weighted by Crippen LogP contribution is -2.11. The summed E-state index contributed by atoms with van der Waals surface area (Å²) in [5, 5.41) is 4.37. The predicted molar refractivity (Wildman–Crippen MR) is 78.7 cm³/mol. The van der Waals surface area contributed by atoms with Gasteiger partial charge in [-0.3, -0.25) is 4.79 Å². The molecule has 0 bridgehead atoms. The van der Waals surface area contributed by atoms with E-state index < -0.39 is 5.91 Å². The summed E-state index contributed by atoms with van der Waals surface area (Å²) >= 11 is 11.9. The van der Waals surface area contributed by atoms with Gasteiger partial charge in [-0.15, -0.1) is 0 Å². The highest BCUT2D eigenvalue weighted by atomic mass is 35.5. The van der Waals surface area contributed by atoms with Crippen LogP contribution in [-0.4, -0.2) is 5.91 Å². The molecule has 98 valence electrons. The molecule has 2 rings (SSSR count). The number of hydrogen-bond donors (Lipinski definition) is 2.